The van der Waals surface area contributed by atoms with Crippen molar-refractivity contribution < 1.29 is 24.2 Å². The molecular formula is C26H26ClN5O5. The number of allylic oxidation sites excluding steroid dienone is 1. The molecule has 0 radical (unpaired) electrons. The highest BCUT2D eigenvalue weighted by atomic mass is 35.5. The number of morpholine rings is 1. The zero-order valence-electron chi connectivity index (χ0n) is 20.6. The minimum Gasteiger partial charge on any atom is -0.481 e. The Balaban J connectivity index is 1.33. The third kappa shape index (κ3) is 4.59. The zero-order chi connectivity index (χ0) is 26.3. The number of anilines is 2. The lowest BCUT2D eigenvalue weighted by Gasteiger charge is -2.37. The van der Waals surface area contributed by atoms with Crippen LogP contribution in [0.1, 0.15) is 25.0 Å². The fourth-order valence-electron chi connectivity index (χ4n) is 4.45. The van der Waals surface area contributed by atoms with Crippen molar-refractivity contribution in [1.29, 1.82) is 0 Å². The van der Waals surface area contributed by atoms with Gasteiger partial charge in [-0.15, -0.1) is 5.10 Å². The quantitative estimate of drug-likeness (QED) is 0.510. The van der Waals surface area contributed by atoms with Gasteiger partial charge in [0.15, 0.2) is 17.5 Å². The van der Waals surface area contributed by atoms with Crippen LogP contribution < -0.4 is 15.0 Å². The average Bonchev–Trinajstić information content (AvgIpc) is 3.49. The Morgan fingerprint density at radius 2 is 2.11 bits per heavy atom. The number of carbonyl (C=O) groups excluding carboxylic acids is 2. The van der Waals surface area contributed by atoms with Crippen molar-refractivity contribution in [3.8, 4) is 11.6 Å². The first-order valence-corrected chi connectivity index (χ1v) is 12.1. The molecule has 2 N–H and O–H groups in total. The molecule has 2 aliphatic rings. The Hall–Kier alpha value is -3.73. The maximum absolute atomic E-state index is 13.4. The first kappa shape index (κ1) is 24.9. The Bertz CT molecular complexity index is 1420. The minimum atomic E-state index is -2.15. The van der Waals surface area contributed by atoms with E-state index in [1.165, 1.54) is 18.9 Å². The Morgan fingerprint density at radius 3 is 2.89 bits per heavy atom. The van der Waals surface area contributed by atoms with Gasteiger partial charge < -0.3 is 19.9 Å². The number of rotatable bonds is 6. The van der Waals surface area contributed by atoms with Crippen molar-refractivity contribution in [3.63, 3.8) is 0 Å². The van der Waals surface area contributed by atoms with E-state index in [0.29, 0.717) is 28.1 Å². The molecule has 0 unspecified atom stereocenters. The molecule has 11 heteroatoms. The number of halogens is 1. The molecule has 1 aliphatic heterocycles. The fourth-order valence-corrected chi connectivity index (χ4v) is 4.70. The predicted molar refractivity (Wildman–Crippen MR) is 138 cm³/mol. The first-order valence-electron chi connectivity index (χ1n) is 11.7. The second-order valence-electron chi connectivity index (χ2n) is 9.16. The highest BCUT2D eigenvalue weighted by Gasteiger charge is 2.49. The summed E-state index contributed by atoms with van der Waals surface area (Å²) < 4.78 is 12.3. The minimum absolute atomic E-state index is 0.119. The van der Waals surface area contributed by atoms with Gasteiger partial charge in [0.05, 0.1) is 25.9 Å². The second-order valence-corrected chi connectivity index (χ2v) is 9.54. The van der Waals surface area contributed by atoms with Crippen LogP contribution in [0.3, 0.4) is 0 Å². The number of aromatic nitrogens is 3. The number of ether oxygens (including phenoxy) is 2. The van der Waals surface area contributed by atoms with E-state index >= 15 is 0 Å². The molecule has 2 aromatic heterocycles. The van der Waals surface area contributed by atoms with Gasteiger partial charge in [-0.1, -0.05) is 17.7 Å². The van der Waals surface area contributed by atoms with Crippen LogP contribution in [0, 0.1) is 0 Å². The summed E-state index contributed by atoms with van der Waals surface area (Å²) in [6, 6.07) is 10.5. The van der Waals surface area contributed by atoms with E-state index < -0.39 is 23.5 Å². The molecule has 2 atom stereocenters. The molecule has 1 saturated heterocycles. The Kier molecular flexibility index (Phi) is 6.49. The van der Waals surface area contributed by atoms with Gasteiger partial charge in [0.25, 0.3) is 11.8 Å². The third-order valence-electron chi connectivity index (χ3n) is 6.54. The molecule has 2 amide bonds. The van der Waals surface area contributed by atoms with Gasteiger partial charge >= 0.3 is 0 Å². The SMILES string of the molecule is COc1cc(-n2ccc(N3CCO[C@H]([C@@](C)(O)C(=O)Nc4ccc5c(c4)C(Cl)=C(C)C5)C3=O)n2)ccn1. The Labute approximate surface area is 218 Å². The number of aliphatic hydroxyl groups is 1. The normalized spacial score (nSPS) is 19.0. The highest BCUT2D eigenvalue weighted by Crippen LogP contribution is 2.37. The monoisotopic (exact) mass is 523 g/mol. The predicted octanol–water partition coefficient (Wildman–Crippen LogP) is 2.92. The number of benzene rings is 1. The number of amides is 2. The lowest BCUT2D eigenvalue weighted by atomic mass is 9.95. The van der Waals surface area contributed by atoms with Gasteiger partial charge in [-0.2, -0.15) is 0 Å². The van der Waals surface area contributed by atoms with Crippen molar-refractivity contribution in [1.82, 2.24) is 14.8 Å². The molecule has 1 aromatic carbocycles. The van der Waals surface area contributed by atoms with Crippen LogP contribution in [-0.2, 0) is 20.7 Å². The molecule has 5 rings (SSSR count). The van der Waals surface area contributed by atoms with Crippen molar-refractivity contribution >= 4 is 40.0 Å². The van der Waals surface area contributed by atoms with E-state index in [-0.39, 0.29) is 13.2 Å². The van der Waals surface area contributed by atoms with E-state index in [0.717, 1.165) is 23.1 Å². The van der Waals surface area contributed by atoms with Gasteiger partial charge in [0, 0.05) is 35.2 Å². The highest BCUT2D eigenvalue weighted by molar-refractivity contribution is 6.50. The van der Waals surface area contributed by atoms with E-state index in [4.69, 9.17) is 21.1 Å². The molecule has 3 heterocycles. The van der Waals surface area contributed by atoms with Crippen LogP contribution in [0.4, 0.5) is 11.5 Å². The van der Waals surface area contributed by atoms with Gasteiger partial charge in [-0.05, 0) is 55.2 Å². The fraction of sp³-hybridized carbons (Fsp3) is 0.308. The number of hydrogen-bond acceptors (Lipinski definition) is 7. The molecular weight excluding hydrogens is 498 g/mol. The summed E-state index contributed by atoms with van der Waals surface area (Å²) in [6.07, 6.45) is 2.62. The van der Waals surface area contributed by atoms with Crippen molar-refractivity contribution in [2.45, 2.75) is 32.0 Å². The van der Waals surface area contributed by atoms with Crippen molar-refractivity contribution in [3.05, 3.63) is 65.5 Å². The standard InChI is InChI=1S/C26H26ClN5O5/c1-15-12-16-4-5-17(13-19(16)22(15)27)29-25(34)26(2,35)23-24(33)31(10-11-37-23)20-7-9-32(30-20)18-6-8-28-21(14-18)36-3/h4-9,13-14,23,35H,10-12H2,1-3H3,(H,29,34)/t23-,26+/m0/s1. The van der Waals surface area contributed by atoms with Crippen LogP contribution in [0.5, 0.6) is 5.88 Å². The third-order valence-corrected chi connectivity index (χ3v) is 7.06. The lowest BCUT2D eigenvalue weighted by Crippen LogP contribution is -2.61. The zero-order valence-corrected chi connectivity index (χ0v) is 21.3. The molecule has 0 bridgehead atoms. The summed E-state index contributed by atoms with van der Waals surface area (Å²) in [5.41, 5.74) is 1.97. The van der Waals surface area contributed by atoms with Crippen molar-refractivity contribution in [2.75, 3.05) is 30.5 Å². The second kappa shape index (κ2) is 9.62. The van der Waals surface area contributed by atoms with Crippen LogP contribution >= 0.6 is 11.6 Å². The summed E-state index contributed by atoms with van der Waals surface area (Å²) in [5, 5.41) is 19.0. The average molecular weight is 524 g/mol. The summed E-state index contributed by atoms with van der Waals surface area (Å²) in [6.45, 7) is 3.56. The molecule has 1 fully saturated rings. The van der Waals surface area contributed by atoms with Crippen LogP contribution in [0.25, 0.3) is 10.7 Å². The number of pyridine rings is 1. The van der Waals surface area contributed by atoms with Crippen LogP contribution in [0.2, 0.25) is 0 Å². The first-order chi connectivity index (χ1) is 17.7. The molecule has 1 aliphatic carbocycles. The lowest BCUT2D eigenvalue weighted by molar-refractivity contribution is -0.165. The van der Waals surface area contributed by atoms with Crippen LogP contribution in [0.15, 0.2) is 54.4 Å². The molecule has 0 spiro atoms. The van der Waals surface area contributed by atoms with Crippen LogP contribution in [-0.4, -0.2) is 63.7 Å². The molecule has 0 saturated carbocycles. The number of nitrogens with one attached hydrogen (secondary N) is 1. The molecule has 3 aromatic rings. The van der Waals surface area contributed by atoms with Gasteiger partial charge in [-0.25, -0.2) is 9.67 Å². The number of carbonyl (C=O) groups is 2. The number of hydrogen-bond donors (Lipinski definition) is 2. The maximum Gasteiger partial charge on any atom is 0.260 e. The van der Waals surface area contributed by atoms with Gasteiger partial charge in [0.2, 0.25) is 5.88 Å². The summed E-state index contributed by atoms with van der Waals surface area (Å²) in [7, 11) is 1.52. The van der Waals surface area contributed by atoms with E-state index in [1.807, 2.05) is 13.0 Å². The number of methoxy groups -OCH3 is 1. The number of nitrogens with zero attached hydrogens (tertiary/aromatic N) is 4. The molecule has 192 valence electrons. The Morgan fingerprint density at radius 1 is 1.30 bits per heavy atom. The molecule has 37 heavy (non-hydrogen) atoms. The smallest absolute Gasteiger partial charge is 0.260 e. The van der Waals surface area contributed by atoms with E-state index in [1.54, 1.807) is 47.4 Å². The summed E-state index contributed by atoms with van der Waals surface area (Å²) >= 11 is 6.39. The molecule has 10 nitrogen and oxygen atoms in total. The summed E-state index contributed by atoms with van der Waals surface area (Å²) in [5.74, 6) is -0.548. The van der Waals surface area contributed by atoms with E-state index in [9.17, 15) is 14.7 Å². The topological polar surface area (TPSA) is 119 Å². The summed E-state index contributed by atoms with van der Waals surface area (Å²) in [4.78, 5) is 32.0. The maximum atomic E-state index is 13.4. The van der Waals surface area contributed by atoms with Gasteiger partial charge in [0.1, 0.15) is 0 Å². The van der Waals surface area contributed by atoms with Crippen molar-refractivity contribution in [2.24, 2.45) is 0 Å². The number of fused-ring (bicyclic) bond motifs is 1. The largest absolute Gasteiger partial charge is 0.481 e. The van der Waals surface area contributed by atoms with E-state index in [2.05, 4.69) is 15.4 Å². The van der Waals surface area contributed by atoms with Gasteiger partial charge in [-0.3, -0.25) is 14.5 Å².